The number of benzene rings is 1. The van der Waals surface area contributed by atoms with Crippen LogP contribution < -0.4 is 0 Å². The van der Waals surface area contributed by atoms with Crippen molar-refractivity contribution in [3.63, 3.8) is 0 Å². The maximum atomic E-state index is 10.9. The minimum Gasteiger partial charge on any atom is -0.299 e. The Labute approximate surface area is 120 Å². The Balaban J connectivity index is 2.85. The predicted octanol–water partition coefficient (Wildman–Crippen LogP) is 3.54. The van der Waals surface area contributed by atoms with Gasteiger partial charge < -0.3 is 0 Å². The molecule has 0 saturated heterocycles. The molecule has 4 nitrogen and oxygen atoms in total. The van der Waals surface area contributed by atoms with Crippen molar-refractivity contribution in [2.75, 3.05) is 19.1 Å². The van der Waals surface area contributed by atoms with Gasteiger partial charge in [0.15, 0.2) is 0 Å². The molecule has 6 heteroatoms. The fraction of sp³-hybridized carbons (Fsp3) is 0.500. The minimum absolute atomic E-state index is 0.124. The Morgan fingerprint density at radius 3 is 2.78 bits per heavy atom. The third kappa shape index (κ3) is 3.96. The van der Waals surface area contributed by atoms with Crippen LogP contribution in [0.5, 0.6) is 0 Å². The molecule has 0 aliphatic rings. The molecule has 18 heavy (non-hydrogen) atoms. The zero-order valence-electron chi connectivity index (χ0n) is 10.7. The molecule has 0 heterocycles. The summed E-state index contributed by atoms with van der Waals surface area (Å²) in [6.45, 7) is 2.85. The average Bonchev–Trinajstić information content (AvgIpc) is 2.31. The first-order valence-electron chi connectivity index (χ1n) is 5.58. The first-order chi connectivity index (χ1) is 8.47. The molecule has 0 radical (unpaired) electrons. The maximum absolute atomic E-state index is 10.9. The van der Waals surface area contributed by atoms with E-state index in [4.69, 9.17) is 0 Å². The molecule has 0 fully saturated rings. The fourth-order valence-corrected chi connectivity index (χ4v) is 2.89. The van der Waals surface area contributed by atoms with Crippen LogP contribution >= 0.6 is 27.7 Å². The highest BCUT2D eigenvalue weighted by atomic mass is 79.9. The summed E-state index contributed by atoms with van der Waals surface area (Å²) in [5.74, 6) is 1.04. The molecule has 0 aliphatic heterocycles. The molecule has 0 aliphatic carbocycles. The van der Waals surface area contributed by atoms with Crippen LogP contribution in [0.25, 0.3) is 0 Å². The second kappa shape index (κ2) is 7.11. The van der Waals surface area contributed by atoms with Crippen molar-refractivity contribution in [1.82, 2.24) is 4.90 Å². The van der Waals surface area contributed by atoms with E-state index in [2.05, 4.69) is 34.0 Å². The van der Waals surface area contributed by atoms with Gasteiger partial charge in [-0.05, 0) is 41.7 Å². The second-order valence-electron chi connectivity index (χ2n) is 4.23. The summed E-state index contributed by atoms with van der Waals surface area (Å²) >= 11 is 5.12. The summed E-state index contributed by atoms with van der Waals surface area (Å²) in [5.41, 5.74) is 1.07. The summed E-state index contributed by atoms with van der Waals surface area (Å²) in [6.07, 6.45) is 2.08. The molecule has 100 valence electrons. The topological polar surface area (TPSA) is 46.4 Å². The van der Waals surface area contributed by atoms with Crippen molar-refractivity contribution in [2.24, 2.45) is 0 Å². The van der Waals surface area contributed by atoms with Crippen molar-refractivity contribution < 1.29 is 4.92 Å². The van der Waals surface area contributed by atoms with E-state index in [1.807, 2.05) is 13.1 Å². The van der Waals surface area contributed by atoms with E-state index in [1.165, 1.54) is 6.07 Å². The van der Waals surface area contributed by atoms with Crippen molar-refractivity contribution in [1.29, 1.82) is 0 Å². The van der Waals surface area contributed by atoms with E-state index in [9.17, 15) is 10.1 Å². The zero-order chi connectivity index (χ0) is 13.7. The second-order valence-corrected chi connectivity index (χ2v) is 5.93. The van der Waals surface area contributed by atoms with Crippen LogP contribution in [0.3, 0.4) is 0 Å². The lowest BCUT2D eigenvalue weighted by molar-refractivity contribution is -0.385. The van der Waals surface area contributed by atoms with Gasteiger partial charge in [0.2, 0.25) is 0 Å². The first-order valence-corrected chi connectivity index (χ1v) is 7.77. The predicted molar refractivity (Wildman–Crippen MR) is 80.1 cm³/mol. The highest BCUT2D eigenvalue weighted by molar-refractivity contribution is 9.10. The van der Waals surface area contributed by atoms with Gasteiger partial charge in [-0.3, -0.25) is 15.0 Å². The highest BCUT2D eigenvalue weighted by Crippen LogP contribution is 2.29. The fourth-order valence-electron chi connectivity index (χ4n) is 1.62. The Morgan fingerprint density at radius 1 is 1.56 bits per heavy atom. The van der Waals surface area contributed by atoms with Crippen molar-refractivity contribution >= 4 is 33.4 Å². The zero-order valence-corrected chi connectivity index (χ0v) is 13.1. The standard InChI is InChI=1S/C12H17BrN2O2S/c1-9(8-18-3)14(2)7-10-5-4-6-11(12(10)13)15(16)17/h4-6,9H,7-8H2,1-3H3. The first kappa shape index (κ1) is 15.5. The van der Waals surface area contributed by atoms with Crippen LogP contribution in [0.4, 0.5) is 5.69 Å². The number of hydrogen-bond donors (Lipinski definition) is 0. The molecule has 0 saturated carbocycles. The van der Waals surface area contributed by atoms with Gasteiger partial charge in [0.05, 0.1) is 9.40 Å². The van der Waals surface area contributed by atoms with Gasteiger partial charge in [0, 0.05) is 24.4 Å². The third-order valence-electron chi connectivity index (χ3n) is 2.84. The molecule has 1 rings (SSSR count). The molecule has 1 unspecified atom stereocenters. The van der Waals surface area contributed by atoms with E-state index in [0.717, 1.165) is 11.3 Å². The number of nitrogens with zero attached hydrogens (tertiary/aromatic N) is 2. The van der Waals surface area contributed by atoms with E-state index >= 15 is 0 Å². The third-order valence-corrected chi connectivity index (χ3v) is 4.57. The van der Waals surface area contributed by atoms with Gasteiger partial charge >= 0.3 is 0 Å². The average molecular weight is 333 g/mol. The molecule has 1 aromatic rings. The molecule has 1 aromatic carbocycles. The van der Waals surface area contributed by atoms with E-state index in [-0.39, 0.29) is 10.6 Å². The van der Waals surface area contributed by atoms with Gasteiger partial charge in [-0.2, -0.15) is 11.8 Å². The summed E-state index contributed by atoms with van der Waals surface area (Å²) in [6, 6.07) is 5.59. The Bertz CT molecular complexity index is 429. The molecular formula is C12H17BrN2O2S. The number of nitro groups is 1. The van der Waals surface area contributed by atoms with Crippen LogP contribution in [0.2, 0.25) is 0 Å². The summed E-state index contributed by atoms with van der Waals surface area (Å²) < 4.78 is 0.582. The van der Waals surface area contributed by atoms with Crippen LogP contribution in [-0.2, 0) is 6.54 Å². The molecule has 1 atom stereocenters. The lowest BCUT2D eigenvalue weighted by Crippen LogP contribution is -2.30. The number of rotatable bonds is 6. The van der Waals surface area contributed by atoms with E-state index in [1.54, 1.807) is 17.8 Å². The van der Waals surface area contributed by atoms with Gasteiger partial charge in [0.25, 0.3) is 5.69 Å². The van der Waals surface area contributed by atoms with Crippen LogP contribution in [0.15, 0.2) is 22.7 Å². The molecule has 0 N–H and O–H groups in total. The molecule has 0 spiro atoms. The molecular weight excluding hydrogens is 316 g/mol. The maximum Gasteiger partial charge on any atom is 0.283 e. The molecule has 0 amide bonds. The van der Waals surface area contributed by atoms with Gasteiger partial charge in [-0.1, -0.05) is 12.1 Å². The largest absolute Gasteiger partial charge is 0.299 e. The smallest absolute Gasteiger partial charge is 0.283 e. The summed E-state index contributed by atoms with van der Waals surface area (Å²) in [4.78, 5) is 12.7. The van der Waals surface area contributed by atoms with E-state index in [0.29, 0.717) is 17.1 Å². The lowest BCUT2D eigenvalue weighted by atomic mass is 10.2. The van der Waals surface area contributed by atoms with Crippen LogP contribution in [-0.4, -0.2) is 34.9 Å². The lowest BCUT2D eigenvalue weighted by Gasteiger charge is -2.24. The van der Waals surface area contributed by atoms with Crippen molar-refractivity contribution in [3.8, 4) is 0 Å². The molecule has 0 bridgehead atoms. The Kier molecular flexibility index (Phi) is 6.11. The highest BCUT2D eigenvalue weighted by Gasteiger charge is 2.17. The van der Waals surface area contributed by atoms with E-state index < -0.39 is 0 Å². The number of hydrogen-bond acceptors (Lipinski definition) is 4. The number of thioether (sulfide) groups is 1. The normalized spacial score (nSPS) is 12.7. The Hall–Kier alpha value is -0.590. The van der Waals surface area contributed by atoms with Crippen molar-refractivity contribution in [3.05, 3.63) is 38.3 Å². The summed E-state index contributed by atoms with van der Waals surface area (Å²) in [7, 11) is 2.03. The van der Waals surface area contributed by atoms with Gasteiger partial charge in [0.1, 0.15) is 0 Å². The molecule has 0 aromatic heterocycles. The number of nitro benzene ring substituents is 1. The van der Waals surface area contributed by atoms with Crippen LogP contribution in [0.1, 0.15) is 12.5 Å². The Morgan fingerprint density at radius 2 is 2.22 bits per heavy atom. The monoisotopic (exact) mass is 332 g/mol. The quantitative estimate of drug-likeness (QED) is 0.590. The van der Waals surface area contributed by atoms with Crippen LogP contribution in [0, 0.1) is 10.1 Å². The van der Waals surface area contributed by atoms with Crippen molar-refractivity contribution in [2.45, 2.75) is 19.5 Å². The SMILES string of the molecule is CSCC(C)N(C)Cc1cccc([N+](=O)[O-])c1Br. The van der Waals surface area contributed by atoms with Gasteiger partial charge in [-0.15, -0.1) is 0 Å². The van der Waals surface area contributed by atoms with Gasteiger partial charge in [-0.25, -0.2) is 0 Å². The number of halogens is 1. The minimum atomic E-state index is -0.362. The summed E-state index contributed by atoms with van der Waals surface area (Å²) in [5, 5.41) is 10.9.